The van der Waals surface area contributed by atoms with Crippen molar-refractivity contribution in [1.29, 1.82) is 0 Å². The third-order valence-electron chi connectivity index (χ3n) is 2.77. The Morgan fingerprint density at radius 1 is 1.57 bits per heavy atom. The van der Waals surface area contributed by atoms with Gasteiger partial charge < -0.3 is 5.73 Å². The van der Waals surface area contributed by atoms with Crippen molar-refractivity contribution in [1.82, 2.24) is 4.98 Å². The van der Waals surface area contributed by atoms with Gasteiger partial charge in [-0.25, -0.2) is 4.98 Å². The Balaban J connectivity index is 1.95. The number of hydrogen-bond acceptors (Lipinski definition) is 4. The zero-order chi connectivity index (χ0) is 9.97. The minimum atomic E-state index is 0.361. The van der Waals surface area contributed by atoms with Crippen molar-refractivity contribution in [3.63, 3.8) is 0 Å². The molecular formula is C10H16N2S2. The number of thioether (sulfide) groups is 1. The molecule has 2 N–H and O–H groups in total. The molecule has 0 aliphatic heterocycles. The summed E-state index contributed by atoms with van der Waals surface area (Å²) in [6.07, 6.45) is 5.57. The van der Waals surface area contributed by atoms with E-state index in [0.717, 1.165) is 5.92 Å². The first-order valence-corrected chi connectivity index (χ1v) is 6.83. The second-order valence-corrected chi connectivity index (χ2v) is 6.42. The van der Waals surface area contributed by atoms with Crippen LogP contribution in [0, 0.1) is 5.92 Å². The second kappa shape index (κ2) is 4.64. The van der Waals surface area contributed by atoms with Gasteiger partial charge in [-0.15, -0.1) is 11.3 Å². The lowest BCUT2D eigenvalue weighted by Crippen LogP contribution is -2.37. The Labute approximate surface area is 93.3 Å². The Hall–Kier alpha value is -0.0600. The van der Waals surface area contributed by atoms with Gasteiger partial charge >= 0.3 is 0 Å². The van der Waals surface area contributed by atoms with Crippen LogP contribution in [0.3, 0.4) is 0 Å². The number of nitrogens with two attached hydrogens (primary N) is 1. The van der Waals surface area contributed by atoms with Gasteiger partial charge in [0.05, 0.1) is 0 Å². The summed E-state index contributed by atoms with van der Waals surface area (Å²) in [4.78, 5) is 4.30. The quantitative estimate of drug-likeness (QED) is 0.846. The topological polar surface area (TPSA) is 38.9 Å². The normalized spacial score (nSPS) is 33.1. The summed E-state index contributed by atoms with van der Waals surface area (Å²) >= 11 is 3.58. The maximum Gasteiger partial charge on any atom is 0.150 e. The molecule has 0 amide bonds. The fourth-order valence-electron chi connectivity index (χ4n) is 1.89. The van der Waals surface area contributed by atoms with E-state index in [2.05, 4.69) is 11.9 Å². The molecule has 0 aromatic carbocycles. The molecule has 3 unspecified atom stereocenters. The van der Waals surface area contributed by atoms with Crippen molar-refractivity contribution in [2.75, 3.05) is 0 Å². The predicted octanol–water partition coefficient (Wildman–Crippen LogP) is 2.75. The van der Waals surface area contributed by atoms with E-state index in [4.69, 9.17) is 5.73 Å². The summed E-state index contributed by atoms with van der Waals surface area (Å²) in [5.74, 6) is 0.826. The Kier molecular flexibility index (Phi) is 3.47. The lowest BCUT2D eigenvalue weighted by atomic mass is 9.87. The van der Waals surface area contributed by atoms with E-state index in [1.807, 2.05) is 23.3 Å². The molecule has 1 saturated carbocycles. The third-order valence-corrected chi connectivity index (χ3v) is 5.06. The van der Waals surface area contributed by atoms with Crippen LogP contribution in [-0.2, 0) is 0 Å². The van der Waals surface area contributed by atoms with Gasteiger partial charge in [0.15, 0.2) is 0 Å². The van der Waals surface area contributed by atoms with Crippen molar-refractivity contribution in [3.8, 4) is 0 Å². The van der Waals surface area contributed by atoms with Crippen LogP contribution in [0.25, 0.3) is 0 Å². The lowest BCUT2D eigenvalue weighted by Gasteiger charge is -2.31. The van der Waals surface area contributed by atoms with Gasteiger partial charge in [-0.1, -0.05) is 18.7 Å². The van der Waals surface area contributed by atoms with Gasteiger partial charge in [-0.3, -0.25) is 0 Å². The highest BCUT2D eigenvalue weighted by Crippen LogP contribution is 2.36. The summed E-state index contributed by atoms with van der Waals surface area (Å²) in [5, 5.41) is 2.60. The number of nitrogens with zero attached hydrogens (tertiary/aromatic N) is 1. The van der Waals surface area contributed by atoms with E-state index in [-0.39, 0.29) is 0 Å². The molecule has 0 radical (unpaired) electrons. The standard InChI is InChI=1S/C10H16N2S2/c1-7-2-3-8(11)9(6-7)14-10-12-4-5-13-10/h4-5,7-9H,2-3,6,11H2,1H3. The minimum absolute atomic E-state index is 0.361. The van der Waals surface area contributed by atoms with Crippen LogP contribution in [0.1, 0.15) is 26.2 Å². The highest BCUT2D eigenvalue weighted by Gasteiger charge is 2.27. The summed E-state index contributed by atoms with van der Waals surface area (Å²) in [5.41, 5.74) is 6.11. The fraction of sp³-hybridized carbons (Fsp3) is 0.700. The van der Waals surface area contributed by atoms with Crippen molar-refractivity contribution in [3.05, 3.63) is 11.6 Å². The Morgan fingerprint density at radius 2 is 2.43 bits per heavy atom. The van der Waals surface area contributed by atoms with Gasteiger partial charge in [-0.05, 0) is 25.2 Å². The van der Waals surface area contributed by atoms with E-state index in [1.54, 1.807) is 11.3 Å². The van der Waals surface area contributed by atoms with Crippen LogP contribution >= 0.6 is 23.1 Å². The molecule has 4 heteroatoms. The Morgan fingerprint density at radius 3 is 3.14 bits per heavy atom. The maximum absolute atomic E-state index is 6.11. The number of aromatic nitrogens is 1. The fourth-order valence-corrected chi connectivity index (χ4v) is 4.12. The predicted molar refractivity (Wildman–Crippen MR) is 62.7 cm³/mol. The first kappa shape index (κ1) is 10.5. The van der Waals surface area contributed by atoms with Gasteiger partial charge in [0, 0.05) is 22.9 Å². The monoisotopic (exact) mass is 228 g/mol. The van der Waals surface area contributed by atoms with Crippen molar-refractivity contribution < 1.29 is 0 Å². The molecule has 3 atom stereocenters. The lowest BCUT2D eigenvalue weighted by molar-refractivity contribution is 0.357. The average Bonchev–Trinajstić information content (AvgIpc) is 2.64. The van der Waals surface area contributed by atoms with Crippen LogP contribution in [-0.4, -0.2) is 16.3 Å². The number of hydrogen-bond donors (Lipinski definition) is 1. The smallest absolute Gasteiger partial charge is 0.150 e. The molecule has 0 saturated heterocycles. The van der Waals surface area contributed by atoms with E-state index in [0.29, 0.717) is 11.3 Å². The van der Waals surface area contributed by atoms with Crippen molar-refractivity contribution >= 4 is 23.1 Å². The Bertz CT molecular complexity index is 274. The molecule has 78 valence electrons. The molecular weight excluding hydrogens is 212 g/mol. The van der Waals surface area contributed by atoms with Crippen LogP contribution in [0.2, 0.25) is 0 Å². The van der Waals surface area contributed by atoms with Crippen LogP contribution in [0.15, 0.2) is 15.9 Å². The molecule has 1 aliphatic carbocycles. The van der Waals surface area contributed by atoms with E-state index in [9.17, 15) is 0 Å². The van der Waals surface area contributed by atoms with Crippen molar-refractivity contribution in [2.24, 2.45) is 11.7 Å². The molecule has 2 nitrogen and oxygen atoms in total. The van der Waals surface area contributed by atoms with Crippen molar-refractivity contribution in [2.45, 2.75) is 41.8 Å². The summed E-state index contributed by atoms with van der Waals surface area (Å²) in [7, 11) is 0. The highest BCUT2D eigenvalue weighted by atomic mass is 32.2. The molecule has 0 spiro atoms. The van der Waals surface area contributed by atoms with E-state index in [1.165, 1.54) is 23.6 Å². The zero-order valence-electron chi connectivity index (χ0n) is 8.35. The SMILES string of the molecule is CC1CCC(N)C(Sc2nccs2)C1. The molecule has 14 heavy (non-hydrogen) atoms. The molecule has 2 rings (SSSR count). The van der Waals surface area contributed by atoms with Gasteiger partial charge in [0.25, 0.3) is 0 Å². The molecule has 1 aromatic heterocycles. The highest BCUT2D eigenvalue weighted by molar-refractivity contribution is 8.01. The van der Waals surface area contributed by atoms with Gasteiger partial charge in [0.1, 0.15) is 4.34 Å². The minimum Gasteiger partial charge on any atom is -0.327 e. The largest absolute Gasteiger partial charge is 0.327 e. The zero-order valence-corrected chi connectivity index (χ0v) is 9.98. The number of rotatable bonds is 2. The first-order valence-electron chi connectivity index (χ1n) is 5.07. The molecule has 1 aliphatic rings. The summed E-state index contributed by atoms with van der Waals surface area (Å²) in [6.45, 7) is 2.32. The third kappa shape index (κ3) is 2.49. The van der Waals surface area contributed by atoms with Gasteiger partial charge in [-0.2, -0.15) is 0 Å². The van der Waals surface area contributed by atoms with Gasteiger partial charge in [0.2, 0.25) is 0 Å². The van der Waals surface area contributed by atoms with E-state index >= 15 is 0 Å². The summed E-state index contributed by atoms with van der Waals surface area (Å²) in [6, 6.07) is 0.361. The molecule has 1 aromatic rings. The number of thiazole rings is 1. The molecule has 0 bridgehead atoms. The molecule has 1 heterocycles. The molecule has 1 fully saturated rings. The summed E-state index contributed by atoms with van der Waals surface area (Å²) < 4.78 is 1.17. The maximum atomic E-state index is 6.11. The van der Waals surface area contributed by atoms with E-state index < -0.39 is 0 Å². The van der Waals surface area contributed by atoms with Crippen LogP contribution in [0.4, 0.5) is 0 Å². The average molecular weight is 228 g/mol. The van der Waals surface area contributed by atoms with Crippen LogP contribution in [0.5, 0.6) is 0 Å². The second-order valence-electron chi connectivity index (χ2n) is 4.04. The van der Waals surface area contributed by atoms with Crippen LogP contribution < -0.4 is 5.73 Å². The first-order chi connectivity index (χ1) is 6.75.